The molecule has 0 atom stereocenters. The van der Waals surface area contributed by atoms with Crippen LogP contribution in [0.15, 0.2) is 52.0 Å². The van der Waals surface area contributed by atoms with Gasteiger partial charge in [-0.3, -0.25) is 4.79 Å². The molecular weight excluding hydrogens is 234 g/mol. The molecule has 1 aromatic heterocycles. The first-order valence-corrected chi connectivity index (χ1v) is 5.91. The van der Waals surface area contributed by atoms with Crippen LogP contribution in [0.3, 0.4) is 0 Å². The van der Waals surface area contributed by atoms with E-state index < -0.39 is 0 Å². The van der Waals surface area contributed by atoms with Gasteiger partial charge in [-0.25, -0.2) is 0 Å². The van der Waals surface area contributed by atoms with Crippen LogP contribution in [-0.4, -0.2) is 13.5 Å². The van der Waals surface area contributed by atoms with Crippen molar-refractivity contribution in [2.24, 2.45) is 10.2 Å². The number of rotatable bonds is 4. The van der Waals surface area contributed by atoms with Crippen LogP contribution >= 0.6 is 11.3 Å². The van der Waals surface area contributed by atoms with Crippen LogP contribution in [0.25, 0.3) is 0 Å². The zero-order valence-corrected chi connectivity index (χ0v) is 10.1. The summed E-state index contributed by atoms with van der Waals surface area (Å²) >= 11 is 1.54. The lowest BCUT2D eigenvalue weighted by Crippen LogP contribution is -2.12. The van der Waals surface area contributed by atoms with Crippen molar-refractivity contribution in [3.8, 4) is 0 Å². The maximum atomic E-state index is 10.6. The van der Waals surface area contributed by atoms with Gasteiger partial charge in [0.1, 0.15) is 5.00 Å². The second-order valence-electron chi connectivity index (χ2n) is 3.38. The fraction of sp³-hybridized carbons (Fsp3) is 0.0833. The second-order valence-corrected chi connectivity index (χ2v) is 4.31. The van der Waals surface area contributed by atoms with Gasteiger partial charge < -0.3 is 4.90 Å². The molecule has 0 N–H and O–H groups in total. The Morgan fingerprint density at radius 2 is 1.94 bits per heavy atom. The molecule has 0 aliphatic rings. The number of hydrogen-bond donors (Lipinski definition) is 0. The first-order chi connectivity index (χ1) is 8.29. The van der Waals surface area contributed by atoms with E-state index in [1.807, 2.05) is 41.8 Å². The molecule has 0 unspecified atom stereocenters. The Morgan fingerprint density at radius 3 is 2.53 bits per heavy atom. The van der Waals surface area contributed by atoms with Gasteiger partial charge in [0.05, 0.1) is 5.69 Å². The number of thiophene rings is 1. The predicted octanol–water partition coefficient (Wildman–Crippen LogP) is 3.76. The lowest BCUT2D eigenvalue weighted by Gasteiger charge is -2.09. The zero-order valence-electron chi connectivity index (χ0n) is 9.28. The van der Waals surface area contributed by atoms with Crippen LogP contribution in [0.2, 0.25) is 0 Å². The highest BCUT2D eigenvalue weighted by Crippen LogP contribution is 2.24. The van der Waals surface area contributed by atoms with Gasteiger partial charge in [0.2, 0.25) is 6.41 Å². The lowest BCUT2D eigenvalue weighted by atomic mass is 10.3. The maximum absolute atomic E-state index is 10.6. The van der Waals surface area contributed by atoms with E-state index in [0.717, 1.165) is 22.8 Å². The van der Waals surface area contributed by atoms with E-state index in [-0.39, 0.29) is 0 Å². The number of benzene rings is 1. The number of amides is 1. The highest BCUT2D eigenvalue weighted by atomic mass is 32.1. The molecule has 2 rings (SSSR count). The van der Waals surface area contributed by atoms with E-state index in [2.05, 4.69) is 10.2 Å². The third-order valence-electron chi connectivity index (χ3n) is 2.19. The summed E-state index contributed by atoms with van der Waals surface area (Å²) in [5, 5.41) is 11.0. The van der Waals surface area contributed by atoms with Crippen molar-refractivity contribution in [1.29, 1.82) is 0 Å². The summed E-state index contributed by atoms with van der Waals surface area (Å²) in [7, 11) is 1.70. The molecule has 0 saturated heterocycles. The summed E-state index contributed by atoms with van der Waals surface area (Å²) in [4.78, 5) is 12.1. The van der Waals surface area contributed by atoms with Gasteiger partial charge in [-0.1, -0.05) is 0 Å². The standard InChI is InChI=1S/C12H11N3OS/c1-15(9-16)11-6-4-10(5-7-11)13-14-12-3-2-8-17-12/h2-9H,1H3. The van der Waals surface area contributed by atoms with Gasteiger partial charge in [0.25, 0.3) is 0 Å². The van der Waals surface area contributed by atoms with Gasteiger partial charge in [0.15, 0.2) is 0 Å². The number of carbonyl (C=O) groups excluding carboxylic acids is 1. The minimum atomic E-state index is 0.765. The minimum absolute atomic E-state index is 0.765. The number of azo groups is 1. The van der Waals surface area contributed by atoms with Crippen molar-refractivity contribution >= 4 is 34.1 Å². The molecular formula is C12H11N3OS. The Morgan fingerprint density at radius 1 is 1.18 bits per heavy atom. The Hall–Kier alpha value is -2.01. The topological polar surface area (TPSA) is 45.0 Å². The summed E-state index contributed by atoms with van der Waals surface area (Å²) in [6.07, 6.45) is 0.766. The Balaban J connectivity index is 2.11. The zero-order chi connectivity index (χ0) is 12.1. The number of hydrogen-bond acceptors (Lipinski definition) is 4. The molecule has 0 spiro atoms. The minimum Gasteiger partial charge on any atom is -0.318 e. The molecule has 1 aromatic carbocycles. The summed E-state index contributed by atoms with van der Waals surface area (Å²) in [5.41, 5.74) is 1.59. The monoisotopic (exact) mass is 245 g/mol. The van der Waals surface area contributed by atoms with Gasteiger partial charge in [-0.15, -0.1) is 21.6 Å². The molecule has 17 heavy (non-hydrogen) atoms. The van der Waals surface area contributed by atoms with Gasteiger partial charge in [0, 0.05) is 12.7 Å². The summed E-state index contributed by atoms with van der Waals surface area (Å²) in [5.74, 6) is 0. The Kier molecular flexibility index (Phi) is 3.62. The highest BCUT2D eigenvalue weighted by molar-refractivity contribution is 7.13. The predicted molar refractivity (Wildman–Crippen MR) is 69.4 cm³/mol. The molecule has 1 amide bonds. The van der Waals surface area contributed by atoms with E-state index in [9.17, 15) is 4.79 Å². The summed E-state index contributed by atoms with van der Waals surface area (Å²) in [6, 6.07) is 11.1. The third-order valence-corrected chi connectivity index (χ3v) is 2.94. The fourth-order valence-electron chi connectivity index (χ4n) is 1.25. The number of anilines is 1. The van der Waals surface area contributed by atoms with Crippen molar-refractivity contribution in [1.82, 2.24) is 0 Å². The van der Waals surface area contributed by atoms with Crippen molar-refractivity contribution in [2.45, 2.75) is 0 Å². The normalized spacial score (nSPS) is 10.6. The highest BCUT2D eigenvalue weighted by Gasteiger charge is 1.98. The number of carbonyl (C=O) groups is 1. The maximum Gasteiger partial charge on any atom is 0.213 e. The average molecular weight is 245 g/mol. The molecule has 0 aliphatic carbocycles. The van der Waals surface area contributed by atoms with Gasteiger partial charge >= 0.3 is 0 Å². The molecule has 86 valence electrons. The van der Waals surface area contributed by atoms with Gasteiger partial charge in [-0.2, -0.15) is 0 Å². The summed E-state index contributed by atoms with van der Waals surface area (Å²) < 4.78 is 0. The van der Waals surface area contributed by atoms with E-state index in [0.29, 0.717) is 0 Å². The van der Waals surface area contributed by atoms with Crippen LogP contribution < -0.4 is 4.90 Å². The average Bonchev–Trinajstić information content (AvgIpc) is 2.89. The molecule has 2 aromatic rings. The first kappa shape index (κ1) is 11.5. The van der Waals surface area contributed by atoms with E-state index in [1.54, 1.807) is 7.05 Å². The van der Waals surface area contributed by atoms with Crippen LogP contribution in [0, 0.1) is 0 Å². The summed E-state index contributed by atoms with van der Waals surface area (Å²) in [6.45, 7) is 0. The van der Waals surface area contributed by atoms with E-state index in [1.165, 1.54) is 16.2 Å². The molecule has 4 nitrogen and oxygen atoms in total. The molecule has 0 aliphatic heterocycles. The van der Waals surface area contributed by atoms with Crippen LogP contribution in [0.5, 0.6) is 0 Å². The SMILES string of the molecule is CN(C=O)c1ccc(N=Nc2cccs2)cc1. The molecule has 5 heteroatoms. The molecule has 0 saturated carbocycles. The van der Waals surface area contributed by atoms with Crippen molar-refractivity contribution in [3.63, 3.8) is 0 Å². The lowest BCUT2D eigenvalue weighted by molar-refractivity contribution is -0.107. The van der Waals surface area contributed by atoms with E-state index >= 15 is 0 Å². The van der Waals surface area contributed by atoms with Crippen molar-refractivity contribution < 1.29 is 4.79 Å². The van der Waals surface area contributed by atoms with Crippen LogP contribution in [-0.2, 0) is 4.79 Å². The van der Waals surface area contributed by atoms with Crippen molar-refractivity contribution in [2.75, 3.05) is 11.9 Å². The quantitative estimate of drug-likeness (QED) is 0.597. The second kappa shape index (κ2) is 5.36. The number of nitrogens with zero attached hydrogens (tertiary/aromatic N) is 3. The largest absolute Gasteiger partial charge is 0.318 e. The first-order valence-electron chi connectivity index (χ1n) is 5.03. The fourth-order valence-corrected chi connectivity index (χ4v) is 1.79. The Bertz CT molecular complexity index is 505. The van der Waals surface area contributed by atoms with E-state index in [4.69, 9.17) is 0 Å². The van der Waals surface area contributed by atoms with Gasteiger partial charge in [-0.05, 0) is 41.8 Å². The van der Waals surface area contributed by atoms with Crippen molar-refractivity contribution in [3.05, 3.63) is 41.8 Å². The molecule has 0 fully saturated rings. The third kappa shape index (κ3) is 2.98. The Labute approximate surface area is 103 Å². The smallest absolute Gasteiger partial charge is 0.213 e. The molecule has 0 bridgehead atoms. The van der Waals surface area contributed by atoms with Crippen LogP contribution in [0.1, 0.15) is 0 Å². The van der Waals surface area contributed by atoms with Crippen LogP contribution in [0.4, 0.5) is 16.4 Å². The molecule has 1 heterocycles. The molecule has 0 radical (unpaired) electrons.